The number of aliphatic hydroxyl groups excluding tert-OH is 5. The van der Waals surface area contributed by atoms with Gasteiger partial charge in [0.2, 0.25) is 0 Å². The van der Waals surface area contributed by atoms with Crippen LogP contribution < -0.4 is 0 Å². The standard InChI is InChI=1S/C15H28O8/c1-2-3-4-13(21)23-12-15(8-19,9-20)11-22-10-14(5-16,6-17)7-18/h3-4,16-20H,2,5-12H2,1H3. The molecule has 5 N–H and O–H groups in total. The molecule has 0 spiro atoms. The van der Waals surface area contributed by atoms with Crippen molar-refractivity contribution in [2.75, 3.05) is 52.9 Å². The number of rotatable bonds is 13. The van der Waals surface area contributed by atoms with Crippen molar-refractivity contribution in [3.05, 3.63) is 12.2 Å². The van der Waals surface area contributed by atoms with Gasteiger partial charge in [0.25, 0.3) is 0 Å². The van der Waals surface area contributed by atoms with Crippen molar-refractivity contribution in [3.8, 4) is 0 Å². The minimum atomic E-state index is -1.21. The molecule has 0 radical (unpaired) electrons. The Kier molecular flexibility index (Phi) is 11.0. The summed E-state index contributed by atoms with van der Waals surface area (Å²) in [4.78, 5) is 11.4. The first-order valence-corrected chi connectivity index (χ1v) is 7.42. The van der Waals surface area contributed by atoms with Crippen LogP contribution in [0.3, 0.4) is 0 Å². The van der Waals surface area contributed by atoms with Gasteiger partial charge in [0.1, 0.15) is 6.61 Å². The van der Waals surface area contributed by atoms with Gasteiger partial charge in [-0.15, -0.1) is 0 Å². The van der Waals surface area contributed by atoms with Crippen LogP contribution in [0.4, 0.5) is 0 Å². The number of hydrogen-bond donors (Lipinski definition) is 5. The lowest BCUT2D eigenvalue weighted by molar-refractivity contribution is -0.149. The number of ether oxygens (including phenoxy) is 2. The molecule has 0 unspecified atom stereocenters. The monoisotopic (exact) mass is 336 g/mol. The van der Waals surface area contributed by atoms with Gasteiger partial charge in [-0.3, -0.25) is 0 Å². The van der Waals surface area contributed by atoms with E-state index in [2.05, 4.69) is 0 Å². The molecule has 0 aliphatic heterocycles. The van der Waals surface area contributed by atoms with Crippen molar-refractivity contribution < 1.29 is 39.8 Å². The molecule has 0 aromatic rings. The zero-order valence-electron chi connectivity index (χ0n) is 13.5. The van der Waals surface area contributed by atoms with Crippen molar-refractivity contribution in [2.45, 2.75) is 13.3 Å². The third-order valence-corrected chi connectivity index (χ3v) is 3.50. The maximum absolute atomic E-state index is 11.4. The molecule has 0 heterocycles. The van der Waals surface area contributed by atoms with Gasteiger partial charge in [-0.1, -0.05) is 13.0 Å². The van der Waals surface area contributed by atoms with Crippen LogP contribution in [0, 0.1) is 10.8 Å². The topological polar surface area (TPSA) is 137 Å². The highest BCUT2D eigenvalue weighted by molar-refractivity contribution is 5.81. The summed E-state index contributed by atoms with van der Waals surface area (Å²) in [6.07, 6.45) is 3.56. The predicted molar refractivity (Wildman–Crippen MR) is 81.5 cm³/mol. The van der Waals surface area contributed by atoms with E-state index < -0.39 is 49.8 Å². The summed E-state index contributed by atoms with van der Waals surface area (Å²) in [5, 5.41) is 46.5. The van der Waals surface area contributed by atoms with E-state index in [0.29, 0.717) is 6.42 Å². The van der Waals surface area contributed by atoms with E-state index in [1.165, 1.54) is 6.08 Å². The Morgan fingerprint density at radius 1 is 0.870 bits per heavy atom. The van der Waals surface area contributed by atoms with Gasteiger partial charge in [-0.05, 0) is 6.42 Å². The zero-order chi connectivity index (χ0) is 17.8. The van der Waals surface area contributed by atoms with Crippen LogP contribution in [0.25, 0.3) is 0 Å². The Balaban J connectivity index is 4.59. The fourth-order valence-electron chi connectivity index (χ4n) is 1.53. The Hall–Kier alpha value is -1.03. The summed E-state index contributed by atoms with van der Waals surface area (Å²) >= 11 is 0. The van der Waals surface area contributed by atoms with Crippen LogP contribution in [0.15, 0.2) is 12.2 Å². The molecule has 0 aliphatic carbocycles. The molecule has 0 fully saturated rings. The Morgan fingerprint density at radius 3 is 1.78 bits per heavy atom. The molecule has 0 aromatic heterocycles. The quantitative estimate of drug-likeness (QED) is 0.201. The molecule has 0 bridgehead atoms. The van der Waals surface area contributed by atoms with E-state index in [-0.39, 0.29) is 19.8 Å². The molecular formula is C15H28O8. The van der Waals surface area contributed by atoms with Gasteiger partial charge in [0, 0.05) is 6.08 Å². The Bertz CT molecular complexity index is 339. The molecule has 0 saturated carbocycles. The maximum atomic E-state index is 11.4. The number of carbonyl (C=O) groups excluding carboxylic acids is 1. The fourth-order valence-corrected chi connectivity index (χ4v) is 1.53. The molecule has 23 heavy (non-hydrogen) atoms. The summed E-state index contributed by atoms with van der Waals surface area (Å²) in [6.45, 7) is -1.17. The van der Waals surface area contributed by atoms with Gasteiger partial charge in [0.05, 0.1) is 57.1 Å². The van der Waals surface area contributed by atoms with E-state index in [9.17, 15) is 30.3 Å². The SMILES string of the molecule is CCC=CC(=O)OCC(CO)(CO)COCC(CO)(CO)CO. The van der Waals surface area contributed by atoms with E-state index in [1.807, 2.05) is 6.92 Å². The van der Waals surface area contributed by atoms with Crippen LogP contribution in [0.5, 0.6) is 0 Å². The second-order valence-electron chi connectivity index (χ2n) is 5.70. The van der Waals surface area contributed by atoms with Crippen molar-refractivity contribution in [1.82, 2.24) is 0 Å². The van der Waals surface area contributed by atoms with Crippen molar-refractivity contribution >= 4 is 5.97 Å². The first-order valence-electron chi connectivity index (χ1n) is 7.42. The van der Waals surface area contributed by atoms with E-state index in [0.717, 1.165) is 0 Å². The molecule has 0 aromatic carbocycles. The lowest BCUT2D eigenvalue weighted by Gasteiger charge is -2.32. The first-order chi connectivity index (χ1) is 11.0. The van der Waals surface area contributed by atoms with Gasteiger partial charge in [-0.2, -0.15) is 0 Å². The molecule has 136 valence electrons. The summed E-state index contributed by atoms with van der Waals surface area (Å²) in [5.41, 5.74) is -2.42. The van der Waals surface area contributed by atoms with E-state index >= 15 is 0 Å². The normalized spacial score (nSPS) is 12.8. The largest absolute Gasteiger partial charge is 0.462 e. The molecule has 0 amide bonds. The Morgan fingerprint density at radius 2 is 1.35 bits per heavy atom. The van der Waals surface area contributed by atoms with Crippen LogP contribution in [0.2, 0.25) is 0 Å². The van der Waals surface area contributed by atoms with E-state index in [4.69, 9.17) is 9.47 Å². The molecule has 8 nitrogen and oxygen atoms in total. The molecule has 8 heteroatoms. The number of allylic oxidation sites excluding steroid dienone is 1. The summed E-state index contributed by atoms with van der Waals surface area (Å²) in [6, 6.07) is 0. The summed E-state index contributed by atoms with van der Waals surface area (Å²) < 4.78 is 10.3. The van der Waals surface area contributed by atoms with Crippen molar-refractivity contribution in [2.24, 2.45) is 10.8 Å². The summed E-state index contributed by atoms with van der Waals surface area (Å²) in [7, 11) is 0. The average molecular weight is 336 g/mol. The molecule has 0 atom stereocenters. The van der Waals surface area contributed by atoms with Gasteiger partial charge < -0.3 is 35.0 Å². The first kappa shape index (κ1) is 22.0. The lowest BCUT2D eigenvalue weighted by atomic mass is 9.90. The van der Waals surface area contributed by atoms with Crippen LogP contribution in [-0.4, -0.2) is 84.4 Å². The number of esters is 1. The summed E-state index contributed by atoms with van der Waals surface area (Å²) in [5.74, 6) is -0.589. The van der Waals surface area contributed by atoms with E-state index in [1.54, 1.807) is 6.08 Å². The second kappa shape index (κ2) is 11.5. The zero-order valence-corrected chi connectivity index (χ0v) is 13.5. The van der Waals surface area contributed by atoms with Crippen LogP contribution >= 0.6 is 0 Å². The highest BCUT2D eigenvalue weighted by Gasteiger charge is 2.34. The number of aliphatic hydroxyl groups is 5. The van der Waals surface area contributed by atoms with Gasteiger partial charge in [0.15, 0.2) is 0 Å². The molecule has 0 rings (SSSR count). The minimum Gasteiger partial charge on any atom is -0.462 e. The highest BCUT2D eigenvalue weighted by Crippen LogP contribution is 2.21. The van der Waals surface area contributed by atoms with Gasteiger partial charge >= 0.3 is 5.97 Å². The van der Waals surface area contributed by atoms with Crippen molar-refractivity contribution in [1.29, 1.82) is 0 Å². The Labute approximate surface area is 136 Å². The lowest BCUT2D eigenvalue weighted by Crippen LogP contribution is -2.44. The molecule has 0 saturated heterocycles. The maximum Gasteiger partial charge on any atom is 0.330 e. The van der Waals surface area contributed by atoms with Crippen molar-refractivity contribution in [3.63, 3.8) is 0 Å². The molecule has 0 aliphatic rings. The van der Waals surface area contributed by atoms with Crippen LogP contribution in [0.1, 0.15) is 13.3 Å². The van der Waals surface area contributed by atoms with Gasteiger partial charge in [-0.25, -0.2) is 4.79 Å². The number of carbonyl (C=O) groups is 1. The van der Waals surface area contributed by atoms with Crippen LogP contribution in [-0.2, 0) is 14.3 Å². The fraction of sp³-hybridized carbons (Fsp3) is 0.800. The molecular weight excluding hydrogens is 308 g/mol. The average Bonchev–Trinajstić information content (AvgIpc) is 2.60. The smallest absolute Gasteiger partial charge is 0.330 e. The third-order valence-electron chi connectivity index (χ3n) is 3.50. The predicted octanol–water partition coefficient (Wildman–Crippen LogP) is -1.55. The number of hydrogen-bond acceptors (Lipinski definition) is 8. The highest BCUT2D eigenvalue weighted by atomic mass is 16.5. The second-order valence-corrected chi connectivity index (χ2v) is 5.70. The minimum absolute atomic E-state index is 0.174. The third kappa shape index (κ3) is 7.38.